The topological polar surface area (TPSA) is 74.3 Å². The zero-order valence-corrected chi connectivity index (χ0v) is 6.22. The van der Waals surface area contributed by atoms with E-state index in [0.717, 1.165) is 19.3 Å². The molecule has 0 saturated heterocycles. The summed E-state index contributed by atoms with van der Waals surface area (Å²) in [4.78, 5) is 0. The lowest BCUT2D eigenvalue weighted by Crippen LogP contribution is -2.25. The number of hydrogen-bond acceptors (Lipinski definition) is 2. The number of nitrogens with one attached hydrogen (secondary N) is 2. The lowest BCUT2D eigenvalue weighted by molar-refractivity contribution is 0.836. The van der Waals surface area contributed by atoms with Gasteiger partial charge in [0.25, 0.3) is 0 Å². The normalized spacial score (nSPS) is 10.1. The Hall–Kier alpha value is -1.06. The monoisotopic (exact) mass is 142 g/mol. The number of rotatable bonds is 4. The average Bonchev–Trinajstić information content (AvgIpc) is 1.87. The van der Waals surface area contributed by atoms with Crippen molar-refractivity contribution >= 4 is 12.2 Å². The summed E-state index contributed by atoms with van der Waals surface area (Å²) < 4.78 is 0. The number of nitrogens with two attached hydrogens (primary N) is 1. The van der Waals surface area contributed by atoms with Gasteiger partial charge in [0.1, 0.15) is 0 Å². The van der Waals surface area contributed by atoms with E-state index >= 15 is 0 Å². The number of hydrazone groups is 1. The molecule has 0 rings (SSSR count). The predicted octanol–water partition coefficient (Wildman–Crippen LogP) is 0.645. The highest BCUT2D eigenvalue weighted by atomic mass is 15.3. The van der Waals surface area contributed by atoms with Crippen molar-refractivity contribution in [2.45, 2.75) is 26.2 Å². The molecule has 0 unspecified atom stereocenters. The van der Waals surface area contributed by atoms with Gasteiger partial charge in [-0.2, -0.15) is 5.10 Å². The van der Waals surface area contributed by atoms with Gasteiger partial charge in [0.2, 0.25) is 5.96 Å². The average molecular weight is 142 g/mol. The van der Waals surface area contributed by atoms with Crippen LogP contribution in [0.2, 0.25) is 0 Å². The van der Waals surface area contributed by atoms with E-state index in [1.54, 1.807) is 6.21 Å². The molecule has 0 radical (unpaired) electrons. The van der Waals surface area contributed by atoms with E-state index < -0.39 is 0 Å². The number of hydrogen-bond donors (Lipinski definition) is 3. The molecule has 10 heavy (non-hydrogen) atoms. The fourth-order valence-corrected chi connectivity index (χ4v) is 0.475. The van der Waals surface area contributed by atoms with Crippen LogP contribution in [0.1, 0.15) is 26.2 Å². The molecule has 0 aliphatic carbocycles. The third kappa shape index (κ3) is 6.94. The van der Waals surface area contributed by atoms with E-state index in [1.807, 2.05) is 0 Å². The summed E-state index contributed by atoms with van der Waals surface area (Å²) in [5.41, 5.74) is 7.30. The maximum atomic E-state index is 6.73. The first-order valence-electron chi connectivity index (χ1n) is 3.39. The van der Waals surface area contributed by atoms with Gasteiger partial charge in [-0.1, -0.05) is 13.3 Å². The van der Waals surface area contributed by atoms with E-state index in [1.165, 1.54) is 0 Å². The first-order chi connectivity index (χ1) is 4.77. The van der Waals surface area contributed by atoms with Crippen molar-refractivity contribution < 1.29 is 0 Å². The second kappa shape index (κ2) is 6.07. The first kappa shape index (κ1) is 8.94. The fourth-order valence-electron chi connectivity index (χ4n) is 0.475. The predicted molar refractivity (Wildman–Crippen MR) is 43.1 cm³/mol. The molecule has 0 heterocycles. The summed E-state index contributed by atoms with van der Waals surface area (Å²) in [5.74, 6) is -0.118. The first-order valence-corrected chi connectivity index (χ1v) is 3.39. The number of guanidine groups is 1. The highest BCUT2D eigenvalue weighted by Crippen LogP contribution is 1.88. The highest BCUT2D eigenvalue weighted by molar-refractivity contribution is 5.75. The largest absolute Gasteiger partial charge is 0.369 e. The highest BCUT2D eigenvalue weighted by Gasteiger charge is 1.79. The van der Waals surface area contributed by atoms with Gasteiger partial charge in [0.05, 0.1) is 0 Å². The molecule has 0 fully saturated rings. The lowest BCUT2D eigenvalue weighted by Gasteiger charge is -1.92. The quantitative estimate of drug-likeness (QED) is 0.233. The van der Waals surface area contributed by atoms with Crippen molar-refractivity contribution in [1.29, 1.82) is 5.41 Å². The Balaban J connectivity index is 3.12. The van der Waals surface area contributed by atoms with Crippen LogP contribution in [0, 0.1) is 5.41 Å². The molecule has 0 saturated carbocycles. The van der Waals surface area contributed by atoms with Gasteiger partial charge in [0, 0.05) is 6.21 Å². The van der Waals surface area contributed by atoms with Crippen LogP contribution in [0.5, 0.6) is 0 Å². The molecule has 0 aromatic heterocycles. The Morgan fingerprint density at radius 2 is 2.50 bits per heavy atom. The summed E-state index contributed by atoms with van der Waals surface area (Å²) in [6, 6.07) is 0. The zero-order valence-electron chi connectivity index (χ0n) is 6.22. The van der Waals surface area contributed by atoms with Gasteiger partial charge in [-0.25, -0.2) is 5.43 Å². The lowest BCUT2D eigenvalue weighted by atomic mass is 10.3. The minimum atomic E-state index is -0.118. The molecular formula is C6H14N4. The summed E-state index contributed by atoms with van der Waals surface area (Å²) in [6.45, 7) is 2.12. The number of nitrogens with zero attached hydrogens (tertiary/aromatic N) is 1. The van der Waals surface area contributed by atoms with E-state index in [-0.39, 0.29) is 5.96 Å². The van der Waals surface area contributed by atoms with Gasteiger partial charge in [-0.3, -0.25) is 5.41 Å². The van der Waals surface area contributed by atoms with Gasteiger partial charge in [-0.15, -0.1) is 0 Å². The smallest absolute Gasteiger partial charge is 0.206 e. The van der Waals surface area contributed by atoms with Crippen molar-refractivity contribution in [2.75, 3.05) is 0 Å². The number of unbranched alkanes of at least 4 members (excludes halogenated alkanes) is 2. The molecule has 4 heteroatoms. The Bertz CT molecular complexity index is 119. The van der Waals surface area contributed by atoms with Gasteiger partial charge >= 0.3 is 0 Å². The summed E-state index contributed by atoms with van der Waals surface area (Å²) in [5, 5.41) is 10.4. The van der Waals surface area contributed by atoms with Crippen LogP contribution in [0.15, 0.2) is 5.10 Å². The molecule has 0 spiro atoms. The Morgan fingerprint density at radius 1 is 1.80 bits per heavy atom. The van der Waals surface area contributed by atoms with Crippen LogP contribution in [-0.2, 0) is 0 Å². The molecule has 0 aromatic carbocycles. The van der Waals surface area contributed by atoms with E-state index in [9.17, 15) is 0 Å². The Kier molecular flexibility index (Phi) is 5.42. The van der Waals surface area contributed by atoms with Crippen LogP contribution in [0.25, 0.3) is 0 Å². The maximum absolute atomic E-state index is 6.73. The molecule has 0 aromatic rings. The third-order valence-electron chi connectivity index (χ3n) is 0.963. The van der Waals surface area contributed by atoms with Gasteiger partial charge in [0.15, 0.2) is 0 Å². The standard InChI is InChI=1S/C6H14N4/c1-2-3-4-5-9-10-6(7)8/h5H,2-4H2,1H3,(H4,7,8,10). The van der Waals surface area contributed by atoms with Crippen molar-refractivity contribution in [3.63, 3.8) is 0 Å². The summed E-state index contributed by atoms with van der Waals surface area (Å²) >= 11 is 0. The minimum absolute atomic E-state index is 0.118. The Morgan fingerprint density at radius 3 is 3.00 bits per heavy atom. The van der Waals surface area contributed by atoms with E-state index in [2.05, 4.69) is 17.5 Å². The van der Waals surface area contributed by atoms with Gasteiger partial charge in [-0.05, 0) is 12.8 Å². The molecule has 0 atom stereocenters. The summed E-state index contributed by atoms with van der Waals surface area (Å²) in [6.07, 6.45) is 4.96. The molecule has 0 aliphatic rings. The summed E-state index contributed by atoms with van der Waals surface area (Å²) in [7, 11) is 0. The fraction of sp³-hybridized carbons (Fsp3) is 0.667. The Labute approximate surface area is 61.0 Å². The van der Waals surface area contributed by atoms with Crippen LogP contribution >= 0.6 is 0 Å². The van der Waals surface area contributed by atoms with Crippen molar-refractivity contribution in [2.24, 2.45) is 10.8 Å². The zero-order chi connectivity index (χ0) is 7.82. The molecule has 0 amide bonds. The molecule has 0 bridgehead atoms. The molecular weight excluding hydrogens is 128 g/mol. The molecule has 4 N–H and O–H groups in total. The van der Waals surface area contributed by atoms with Crippen LogP contribution < -0.4 is 11.2 Å². The molecule has 0 aliphatic heterocycles. The second-order valence-electron chi connectivity index (χ2n) is 1.98. The van der Waals surface area contributed by atoms with Crippen molar-refractivity contribution in [3.8, 4) is 0 Å². The third-order valence-corrected chi connectivity index (χ3v) is 0.963. The van der Waals surface area contributed by atoms with Gasteiger partial charge < -0.3 is 5.73 Å². The minimum Gasteiger partial charge on any atom is -0.369 e. The van der Waals surface area contributed by atoms with Crippen LogP contribution in [0.4, 0.5) is 0 Å². The van der Waals surface area contributed by atoms with Crippen molar-refractivity contribution in [1.82, 2.24) is 5.43 Å². The van der Waals surface area contributed by atoms with Crippen LogP contribution in [-0.4, -0.2) is 12.2 Å². The maximum Gasteiger partial charge on any atom is 0.206 e. The van der Waals surface area contributed by atoms with Crippen molar-refractivity contribution in [3.05, 3.63) is 0 Å². The van der Waals surface area contributed by atoms with Crippen LogP contribution in [0.3, 0.4) is 0 Å². The SMILES string of the molecule is CCCCC=NNC(=N)N. The molecule has 4 nitrogen and oxygen atoms in total. The molecule has 58 valence electrons. The van der Waals surface area contributed by atoms with E-state index in [4.69, 9.17) is 11.1 Å². The second-order valence-corrected chi connectivity index (χ2v) is 1.98. The van der Waals surface area contributed by atoms with E-state index in [0.29, 0.717) is 0 Å².